The summed E-state index contributed by atoms with van der Waals surface area (Å²) in [5.41, 5.74) is 2.50. The molecule has 0 saturated carbocycles. The smallest absolute Gasteiger partial charge is 0.408 e. The monoisotopic (exact) mass is 488 g/mol. The molecule has 0 bridgehead atoms. The third-order valence-electron chi connectivity index (χ3n) is 5.09. The van der Waals surface area contributed by atoms with Gasteiger partial charge in [-0.05, 0) is 57.5 Å². The van der Waals surface area contributed by atoms with Crippen LogP contribution in [-0.4, -0.2) is 43.4 Å². The molecular weight excluding hydrogens is 460 g/mol. The zero-order valence-corrected chi connectivity index (χ0v) is 20.6. The summed E-state index contributed by atoms with van der Waals surface area (Å²) in [4.78, 5) is 28.6. The van der Waals surface area contributed by atoms with E-state index in [1.165, 1.54) is 0 Å². The molecule has 1 atom stereocenters. The molecule has 0 radical (unpaired) electrons. The molecule has 2 amide bonds. The van der Waals surface area contributed by atoms with Crippen LogP contribution in [0.1, 0.15) is 33.3 Å². The standard InChI is InChI=1S/C26H28N6O4/c1-17(29-25(34)36-26(2,3)4)22(33)28-14-18-9-8-12-20(13-18)32-16-27-15-21(32)24-31-30-23(35-24)19-10-6-5-7-11-19/h5-13,15-17H,14H2,1-4H3,(H,28,33)(H,29,34)/t17-/m0/s1. The largest absolute Gasteiger partial charge is 0.444 e. The van der Waals surface area contributed by atoms with Crippen LogP contribution in [0.4, 0.5) is 4.79 Å². The molecule has 4 rings (SSSR count). The second-order valence-corrected chi connectivity index (χ2v) is 9.18. The van der Waals surface area contributed by atoms with E-state index >= 15 is 0 Å². The van der Waals surface area contributed by atoms with Crippen molar-refractivity contribution in [2.45, 2.75) is 45.9 Å². The average Bonchev–Trinajstić information content (AvgIpc) is 3.52. The van der Waals surface area contributed by atoms with Crippen LogP contribution in [0, 0.1) is 0 Å². The first-order valence-corrected chi connectivity index (χ1v) is 11.5. The van der Waals surface area contributed by atoms with Crippen LogP contribution < -0.4 is 10.6 Å². The highest BCUT2D eigenvalue weighted by atomic mass is 16.6. The van der Waals surface area contributed by atoms with Crippen LogP contribution >= 0.6 is 0 Å². The molecule has 10 heteroatoms. The lowest BCUT2D eigenvalue weighted by Gasteiger charge is -2.21. The minimum absolute atomic E-state index is 0.274. The minimum Gasteiger partial charge on any atom is -0.444 e. The number of alkyl carbamates (subject to hydrolysis) is 1. The van der Waals surface area contributed by atoms with E-state index in [9.17, 15) is 9.59 Å². The SMILES string of the molecule is C[C@H](NC(=O)OC(C)(C)C)C(=O)NCc1cccc(-n2cncc2-c2nnc(-c3ccccc3)o2)c1. The van der Waals surface area contributed by atoms with Crippen molar-refractivity contribution in [3.8, 4) is 28.7 Å². The maximum atomic E-state index is 12.5. The number of nitrogens with one attached hydrogen (secondary N) is 2. The van der Waals surface area contributed by atoms with E-state index in [4.69, 9.17) is 9.15 Å². The van der Waals surface area contributed by atoms with Gasteiger partial charge in [-0.3, -0.25) is 9.36 Å². The predicted molar refractivity (Wildman–Crippen MR) is 133 cm³/mol. The van der Waals surface area contributed by atoms with Gasteiger partial charge in [-0.1, -0.05) is 30.3 Å². The Morgan fingerprint density at radius 1 is 1.06 bits per heavy atom. The summed E-state index contributed by atoms with van der Waals surface area (Å²) in [6, 6.07) is 16.4. The van der Waals surface area contributed by atoms with E-state index in [2.05, 4.69) is 25.8 Å². The van der Waals surface area contributed by atoms with Gasteiger partial charge < -0.3 is 19.8 Å². The molecule has 0 aliphatic carbocycles. The molecule has 4 aromatic rings. The minimum atomic E-state index is -0.750. The molecule has 10 nitrogen and oxygen atoms in total. The molecule has 0 aliphatic heterocycles. The molecule has 0 spiro atoms. The van der Waals surface area contributed by atoms with E-state index in [1.807, 2.05) is 59.2 Å². The number of aromatic nitrogens is 4. The van der Waals surface area contributed by atoms with Crippen molar-refractivity contribution >= 4 is 12.0 Å². The highest BCUT2D eigenvalue weighted by molar-refractivity contribution is 5.85. The maximum Gasteiger partial charge on any atom is 0.408 e. The predicted octanol–water partition coefficient (Wildman–Crippen LogP) is 4.12. The number of hydrogen-bond acceptors (Lipinski definition) is 7. The molecule has 0 fully saturated rings. The Labute approximate surface area is 208 Å². The molecule has 2 aromatic heterocycles. The fourth-order valence-electron chi connectivity index (χ4n) is 3.39. The Kier molecular flexibility index (Phi) is 7.14. The van der Waals surface area contributed by atoms with Gasteiger partial charge in [-0.25, -0.2) is 9.78 Å². The molecule has 2 aromatic carbocycles. The van der Waals surface area contributed by atoms with Gasteiger partial charge in [0.2, 0.25) is 11.8 Å². The second-order valence-electron chi connectivity index (χ2n) is 9.18. The molecular formula is C26H28N6O4. The summed E-state index contributed by atoms with van der Waals surface area (Å²) in [5, 5.41) is 13.7. The fraction of sp³-hybridized carbons (Fsp3) is 0.269. The van der Waals surface area contributed by atoms with Crippen molar-refractivity contribution in [2.75, 3.05) is 0 Å². The number of carbonyl (C=O) groups excluding carboxylic acids is 2. The van der Waals surface area contributed by atoms with E-state index in [0.29, 0.717) is 17.5 Å². The molecule has 0 aliphatic rings. The molecule has 0 saturated heterocycles. The molecule has 2 heterocycles. The Morgan fingerprint density at radius 3 is 2.56 bits per heavy atom. The lowest BCUT2D eigenvalue weighted by molar-refractivity contribution is -0.122. The third-order valence-corrected chi connectivity index (χ3v) is 5.09. The summed E-state index contributed by atoms with van der Waals surface area (Å²) in [6.07, 6.45) is 2.67. The maximum absolute atomic E-state index is 12.5. The first-order chi connectivity index (χ1) is 17.2. The van der Waals surface area contributed by atoms with Gasteiger partial charge in [0.05, 0.1) is 12.5 Å². The Morgan fingerprint density at radius 2 is 1.81 bits per heavy atom. The molecule has 186 valence electrons. The van der Waals surface area contributed by atoms with Gasteiger partial charge in [-0.2, -0.15) is 0 Å². The van der Waals surface area contributed by atoms with Gasteiger partial charge in [0, 0.05) is 17.8 Å². The van der Waals surface area contributed by atoms with Crippen molar-refractivity contribution in [3.63, 3.8) is 0 Å². The first-order valence-electron chi connectivity index (χ1n) is 11.5. The van der Waals surface area contributed by atoms with Crippen molar-refractivity contribution < 1.29 is 18.7 Å². The highest BCUT2D eigenvalue weighted by Crippen LogP contribution is 2.25. The highest BCUT2D eigenvalue weighted by Gasteiger charge is 2.21. The summed E-state index contributed by atoms with van der Waals surface area (Å²) < 4.78 is 12.9. The van der Waals surface area contributed by atoms with Gasteiger partial charge in [-0.15, -0.1) is 10.2 Å². The van der Waals surface area contributed by atoms with Crippen molar-refractivity contribution in [1.29, 1.82) is 0 Å². The zero-order chi connectivity index (χ0) is 25.7. The van der Waals surface area contributed by atoms with E-state index < -0.39 is 17.7 Å². The summed E-state index contributed by atoms with van der Waals surface area (Å²) >= 11 is 0. The summed E-state index contributed by atoms with van der Waals surface area (Å²) in [5.74, 6) is 0.435. The summed E-state index contributed by atoms with van der Waals surface area (Å²) in [6.45, 7) is 7.15. The Bertz CT molecular complexity index is 1340. The number of amides is 2. The second kappa shape index (κ2) is 10.4. The van der Waals surface area contributed by atoms with Crippen LogP contribution in [0.25, 0.3) is 28.7 Å². The molecule has 0 unspecified atom stereocenters. The van der Waals surface area contributed by atoms with Gasteiger partial charge >= 0.3 is 6.09 Å². The van der Waals surface area contributed by atoms with Crippen LogP contribution in [0.5, 0.6) is 0 Å². The van der Waals surface area contributed by atoms with Crippen molar-refractivity contribution in [1.82, 2.24) is 30.4 Å². The number of benzene rings is 2. The normalized spacial score (nSPS) is 12.1. The quantitative estimate of drug-likeness (QED) is 0.401. The molecule has 2 N–H and O–H groups in total. The van der Waals surface area contributed by atoms with Crippen molar-refractivity contribution in [2.24, 2.45) is 0 Å². The lowest BCUT2D eigenvalue weighted by atomic mass is 10.2. The van der Waals surface area contributed by atoms with Gasteiger partial charge in [0.1, 0.15) is 17.3 Å². The average molecular weight is 489 g/mol. The van der Waals surface area contributed by atoms with Crippen LogP contribution in [0.3, 0.4) is 0 Å². The zero-order valence-electron chi connectivity index (χ0n) is 20.6. The van der Waals surface area contributed by atoms with Crippen molar-refractivity contribution in [3.05, 3.63) is 72.7 Å². The lowest BCUT2D eigenvalue weighted by Crippen LogP contribution is -2.46. The van der Waals surface area contributed by atoms with E-state index in [-0.39, 0.29) is 12.5 Å². The number of ether oxygens (including phenoxy) is 1. The number of rotatable bonds is 7. The number of imidazole rings is 1. The Hall–Kier alpha value is -4.47. The Balaban J connectivity index is 1.43. The van der Waals surface area contributed by atoms with E-state index in [1.54, 1.807) is 40.2 Å². The van der Waals surface area contributed by atoms with Gasteiger partial charge in [0.25, 0.3) is 5.89 Å². The number of nitrogens with zero attached hydrogens (tertiary/aromatic N) is 4. The summed E-state index contributed by atoms with van der Waals surface area (Å²) in [7, 11) is 0. The van der Waals surface area contributed by atoms with Crippen LogP contribution in [0.2, 0.25) is 0 Å². The topological polar surface area (TPSA) is 124 Å². The number of carbonyl (C=O) groups is 2. The van der Waals surface area contributed by atoms with Crippen LogP contribution in [0.15, 0.2) is 71.5 Å². The first kappa shape index (κ1) is 24.6. The van der Waals surface area contributed by atoms with E-state index in [0.717, 1.165) is 16.8 Å². The fourth-order valence-corrected chi connectivity index (χ4v) is 3.39. The number of hydrogen-bond donors (Lipinski definition) is 2. The van der Waals surface area contributed by atoms with Crippen LogP contribution in [-0.2, 0) is 16.1 Å². The third kappa shape index (κ3) is 6.15. The van der Waals surface area contributed by atoms with Gasteiger partial charge in [0.15, 0.2) is 0 Å². The molecule has 36 heavy (non-hydrogen) atoms.